The standard InChI is InChI=1S/C15H18FN3/c16-14-5-3-12(4-6-14)10-19-9-1-2-13(11-19)15-17-7-8-18-15/h3-8,13H,1-2,9-11H2,(H,17,18)/t13-/m0/s1. The highest BCUT2D eigenvalue weighted by Gasteiger charge is 2.22. The van der Waals surface area contributed by atoms with Gasteiger partial charge in [-0.2, -0.15) is 0 Å². The molecule has 2 aromatic rings. The van der Waals surface area contributed by atoms with Crippen molar-refractivity contribution in [3.63, 3.8) is 0 Å². The average molecular weight is 259 g/mol. The molecule has 1 aliphatic heterocycles. The van der Waals surface area contributed by atoms with Crippen LogP contribution in [0.15, 0.2) is 36.7 Å². The zero-order chi connectivity index (χ0) is 13.1. The van der Waals surface area contributed by atoms with Crippen LogP contribution >= 0.6 is 0 Å². The zero-order valence-corrected chi connectivity index (χ0v) is 10.8. The number of hydrogen-bond donors (Lipinski definition) is 1. The molecule has 1 aliphatic rings. The van der Waals surface area contributed by atoms with E-state index in [1.165, 1.54) is 30.5 Å². The predicted octanol–water partition coefficient (Wildman–Crippen LogP) is 2.93. The van der Waals surface area contributed by atoms with E-state index in [0.717, 1.165) is 25.5 Å². The number of likely N-dealkylation sites (tertiary alicyclic amines) is 1. The third-order valence-corrected chi connectivity index (χ3v) is 3.73. The Morgan fingerprint density at radius 3 is 2.89 bits per heavy atom. The van der Waals surface area contributed by atoms with Gasteiger partial charge >= 0.3 is 0 Å². The van der Waals surface area contributed by atoms with E-state index >= 15 is 0 Å². The number of piperidine rings is 1. The second-order valence-electron chi connectivity index (χ2n) is 5.18. The molecule has 0 spiro atoms. The number of hydrogen-bond acceptors (Lipinski definition) is 2. The van der Waals surface area contributed by atoms with Crippen molar-refractivity contribution in [3.8, 4) is 0 Å². The highest BCUT2D eigenvalue weighted by atomic mass is 19.1. The van der Waals surface area contributed by atoms with Gasteiger partial charge in [-0.1, -0.05) is 12.1 Å². The van der Waals surface area contributed by atoms with Gasteiger partial charge in [-0.25, -0.2) is 9.37 Å². The molecule has 1 fully saturated rings. The molecule has 1 atom stereocenters. The lowest BCUT2D eigenvalue weighted by Crippen LogP contribution is -2.34. The number of aromatic amines is 1. The largest absolute Gasteiger partial charge is 0.348 e. The molecule has 3 rings (SSSR count). The maximum atomic E-state index is 12.9. The van der Waals surface area contributed by atoms with Gasteiger partial charge in [0.1, 0.15) is 11.6 Å². The first-order chi connectivity index (χ1) is 9.31. The number of aromatic nitrogens is 2. The number of nitrogens with one attached hydrogen (secondary N) is 1. The molecule has 1 saturated heterocycles. The van der Waals surface area contributed by atoms with Crippen LogP contribution < -0.4 is 0 Å². The number of benzene rings is 1. The van der Waals surface area contributed by atoms with E-state index in [-0.39, 0.29) is 5.82 Å². The Morgan fingerprint density at radius 2 is 2.16 bits per heavy atom. The van der Waals surface area contributed by atoms with Gasteiger partial charge in [0, 0.05) is 31.4 Å². The minimum absolute atomic E-state index is 0.171. The van der Waals surface area contributed by atoms with Crippen LogP contribution in [0.1, 0.15) is 30.1 Å². The van der Waals surface area contributed by atoms with Crippen molar-refractivity contribution in [2.45, 2.75) is 25.3 Å². The Morgan fingerprint density at radius 1 is 1.32 bits per heavy atom. The van der Waals surface area contributed by atoms with Crippen molar-refractivity contribution in [2.75, 3.05) is 13.1 Å². The molecule has 4 heteroatoms. The van der Waals surface area contributed by atoms with Crippen LogP contribution in [0.4, 0.5) is 4.39 Å². The first kappa shape index (κ1) is 12.4. The Labute approximate surface area is 112 Å². The summed E-state index contributed by atoms with van der Waals surface area (Å²) in [4.78, 5) is 9.99. The van der Waals surface area contributed by atoms with E-state index in [1.54, 1.807) is 0 Å². The van der Waals surface area contributed by atoms with Gasteiger partial charge in [-0.15, -0.1) is 0 Å². The van der Waals surface area contributed by atoms with E-state index in [0.29, 0.717) is 5.92 Å². The molecule has 0 unspecified atom stereocenters. The molecule has 1 aromatic heterocycles. The summed E-state index contributed by atoms with van der Waals surface area (Å²) in [6, 6.07) is 6.80. The Kier molecular flexibility index (Phi) is 3.60. The Hall–Kier alpha value is -1.68. The summed E-state index contributed by atoms with van der Waals surface area (Å²) in [7, 11) is 0. The van der Waals surface area contributed by atoms with Crippen LogP contribution in [0.25, 0.3) is 0 Å². The minimum Gasteiger partial charge on any atom is -0.348 e. The molecule has 1 N–H and O–H groups in total. The molecule has 0 amide bonds. The number of rotatable bonds is 3. The fraction of sp³-hybridized carbons (Fsp3) is 0.400. The van der Waals surface area contributed by atoms with Crippen molar-refractivity contribution in [1.29, 1.82) is 0 Å². The topological polar surface area (TPSA) is 31.9 Å². The van der Waals surface area contributed by atoms with Crippen LogP contribution in [-0.2, 0) is 6.54 Å². The van der Waals surface area contributed by atoms with Crippen molar-refractivity contribution in [3.05, 3.63) is 53.9 Å². The van der Waals surface area contributed by atoms with Gasteiger partial charge in [0.2, 0.25) is 0 Å². The number of halogens is 1. The summed E-state index contributed by atoms with van der Waals surface area (Å²) in [5, 5.41) is 0. The van der Waals surface area contributed by atoms with Gasteiger partial charge in [0.25, 0.3) is 0 Å². The van der Waals surface area contributed by atoms with Crippen LogP contribution in [0.3, 0.4) is 0 Å². The molecule has 2 heterocycles. The van der Waals surface area contributed by atoms with Gasteiger partial charge in [-0.05, 0) is 37.1 Å². The predicted molar refractivity (Wildman–Crippen MR) is 72.2 cm³/mol. The lowest BCUT2D eigenvalue weighted by molar-refractivity contribution is 0.197. The molecule has 3 nitrogen and oxygen atoms in total. The van der Waals surface area contributed by atoms with Gasteiger partial charge in [0.15, 0.2) is 0 Å². The molecule has 0 radical (unpaired) electrons. The second kappa shape index (κ2) is 5.53. The molecule has 0 bridgehead atoms. The average Bonchev–Trinajstić information content (AvgIpc) is 2.96. The van der Waals surface area contributed by atoms with E-state index < -0.39 is 0 Å². The summed E-state index contributed by atoms with van der Waals surface area (Å²) in [5.74, 6) is 1.41. The molecule has 0 aliphatic carbocycles. The Balaban J connectivity index is 1.64. The van der Waals surface area contributed by atoms with Gasteiger partial charge in [-0.3, -0.25) is 4.90 Å². The fourth-order valence-electron chi connectivity index (χ4n) is 2.77. The highest BCUT2D eigenvalue weighted by Crippen LogP contribution is 2.25. The van der Waals surface area contributed by atoms with E-state index in [9.17, 15) is 4.39 Å². The van der Waals surface area contributed by atoms with Crippen molar-refractivity contribution in [1.82, 2.24) is 14.9 Å². The van der Waals surface area contributed by atoms with Crippen LogP contribution in [0.5, 0.6) is 0 Å². The second-order valence-corrected chi connectivity index (χ2v) is 5.18. The molecule has 1 aromatic carbocycles. The molecule has 0 saturated carbocycles. The normalized spacial score (nSPS) is 20.6. The molecular weight excluding hydrogens is 241 g/mol. The summed E-state index contributed by atoms with van der Waals surface area (Å²) >= 11 is 0. The monoisotopic (exact) mass is 259 g/mol. The fourth-order valence-corrected chi connectivity index (χ4v) is 2.77. The van der Waals surface area contributed by atoms with E-state index in [1.807, 2.05) is 24.5 Å². The number of nitrogens with zero attached hydrogens (tertiary/aromatic N) is 2. The summed E-state index contributed by atoms with van der Waals surface area (Å²) in [5.41, 5.74) is 1.17. The lowest BCUT2D eigenvalue weighted by atomic mass is 9.97. The summed E-state index contributed by atoms with van der Waals surface area (Å²) in [6.45, 7) is 3.01. The minimum atomic E-state index is -0.171. The highest BCUT2D eigenvalue weighted by molar-refractivity contribution is 5.16. The van der Waals surface area contributed by atoms with Crippen LogP contribution in [0.2, 0.25) is 0 Å². The third-order valence-electron chi connectivity index (χ3n) is 3.73. The Bertz CT molecular complexity index is 507. The molecule has 19 heavy (non-hydrogen) atoms. The first-order valence-electron chi connectivity index (χ1n) is 6.77. The van der Waals surface area contributed by atoms with Crippen molar-refractivity contribution >= 4 is 0 Å². The maximum absolute atomic E-state index is 12.9. The third kappa shape index (κ3) is 3.01. The van der Waals surface area contributed by atoms with Gasteiger partial charge < -0.3 is 4.98 Å². The molecular formula is C15H18FN3. The zero-order valence-electron chi connectivity index (χ0n) is 10.8. The smallest absolute Gasteiger partial charge is 0.123 e. The van der Waals surface area contributed by atoms with Crippen LogP contribution in [-0.4, -0.2) is 28.0 Å². The quantitative estimate of drug-likeness (QED) is 0.919. The first-order valence-corrected chi connectivity index (χ1v) is 6.77. The van der Waals surface area contributed by atoms with E-state index in [2.05, 4.69) is 14.9 Å². The van der Waals surface area contributed by atoms with Gasteiger partial charge in [0.05, 0.1) is 0 Å². The summed E-state index contributed by atoms with van der Waals surface area (Å²) in [6.07, 6.45) is 6.07. The summed E-state index contributed by atoms with van der Waals surface area (Å²) < 4.78 is 12.9. The van der Waals surface area contributed by atoms with Crippen LogP contribution in [0, 0.1) is 5.82 Å². The molecule has 100 valence electrons. The SMILES string of the molecule is Fc1ccc(CN2CCC[C@H](c3ncc[nH]3)C2)cc1. The van der Waals surface area contributed by atoms with E-state index in [4.69, 9.17) is 0 Å². The van der Waals surface area contributed by atoms with Crippen molar-refractivity contribution in [2.24, 2.45) is 0 Å². The number of H-pyrrole nitrogens is 1. The number of imidazole rings is 1. The maximum Gasteiger partial charge on any atom is 0.123 e. The lowest BCUT2D eigenvalue weighted by Gasteiger charge is -2.31. The van der Waals surface area contributed by atoms with Crippen molar-refractivity contribution < 1.29 is 4.39 Å².